The maximum atomic E-state index is 14.0. The van der Waals surface area contributed by atoms with Crippen molar-refractivity contribution in [3.05, 3.63) is 53.8 Å². The number of benzene rings is 2. The number of hydrogen-bond acceptors (Lipinski definition) is 2. The molecule has 1 unspecified atom stereocenters. The molecule has 1 aliphatic rings. The second kappa shape index (κ2) is 5.25. The van der Waals surface area contributed by atoms with E-state index in [2.05, 4.69) is 0 Å². The first kappa shape index (κ1) is 13.1. The third-order valence-corrected chi connectivity index (χ3v) is 3.49. The molecule has 1 saturated carbocycles. The van der Waals surface area contributed by atoms with Gasteiger partial charge in [0.15, 0.2) is 0 Å². The van der Waals surface area contributed by atoms with E-state index in [1.54, 1.807) is 6.07 Å². The van der Waals surface area contributed by atoms with Crippen molar-refractivity contribution >= 4 is 0 Å². The first-order chi connectivity index (χ1) is 9.63. The highest BCUT2D eigenvalue weighted by molar-refractivity contribution is 5.66. The molecule has 2 N–H and O–H groups in total. The lowest BCUT2D eigenvalue weighted by Crippen LogP contribution is -2.05. The van der Waals surface area contributed by atoms with Crippen molar-refractivity contribution in [1.82, 2.24) is 0 Å². The second-order valence-electron chi connectivity index (χ2n) is 5.37. The highest BCUT2D eigenvalue weighted by Crippen LogP contribution is 2.31. The standard InChI is InChI=1S/C17H18FNO/c1-11(19)12-5-8-17(18)16(10-12)13-3-2-4-15(9-13)20-14-6-7-14/h2-5,8-11,14H,6-7,19H2,1H3. The van der Waals surface area contributed by atoms with E-state index >= 15 is 0 Å². The molecule has 0 spiro atoms. The zero-order valence-corrected chi connectivity index (χ0v) is 11.5. The van der Waals surface area contributed by atoms with Crippen molar-refractivity contribution in [2.24, 2.45) is 5.73 Å². The first-order valence-corrected chi connectivity index (χ1v) is 6.95. The summed E-state index contributed by atoms with van der Waals surface area (Å²) in [6.07, 6.45) is 2.56. The van der Waals surface area contributed by atoms with E-state index in [9.17, 15) is 4.39 Å². The number of halogens is 1. The van der Waals surface area contributed by atoms with E-state index in [1.165, 1.54) is 6.07 Å². The average molecular weight is 271 g/mol. The molecule has 1 aliphatic carbocycles. The van der Waals surface area contributed by atoms with E-state index in [4.69, 9.17) is 10.5 Å². The molecule has 3 heteroatoms. The third-order valence-electron chi connectivity index (χ3n) is 3.49. The Labute approximate surface area is 118 Å². The summed E-state index contributed by atoms with van der Waals surface area (Å²) in [4.78, 5) is 0. The molecular weight excluding hydrogens is 253 g/mol. The van der Waals surface area contributed by atoms with Crippen molar-refractivity contribution in [3.8, 4) is 16.9 Å². The third kappa shape index (κ3) is 2.83. The van der Waals surface area contributed by atoms with Gasteiger partial charge < -0.3 is 10.5 Å². The number of nitrogens with two attached hydrogens (primary N) is 1. The molecule has 0 amide bonds. The Hall–Kier alpha value is -1.87. The highest BCUT2D eigenvalue weighted by Gasteiger charge is 2.23. The Morgan fingerprint density at radius 3 is 2.70 bits per heavy atom. The quantitative estimate of drug-likeness (QED) is 0.910. The van der Waals surface area contributed by atoms with Gasteiger partial charge in [-0.2, -0.15) is 0 Å². The molecule has 0 heterocycles. The summed E-state index contributed by atoms with van der Waals surface area (Å²) in [5, 5.41) is 0. The summed E-state index contributed by atoms with van der Waals surface area (Å²) in [6.45, 7) is 1.89. The SMILES string of the molecule is CC(N)c1ccc(F)c(-c2cccc(OC3CC3)c2)c1. The second-order valence-corrected chi connectivity index (χ2v) is 5.37. The molecule has 104 valence electrons. The number of ether oxygens (including phenoxy) is 1. The van der Waals surface area contributed by atoms with E-state index in [0.717, 1.165) is 29.7 Å². The highest BCUT2D eigenvalue weighted by atomic mass is 19.1. The summed E-state index contributed by atoms with van der Waals surface area (Å²) < 4.78 is 19.8. The van der Waals surface area contributed by atoms with E-state index in [-0.39, 0.29) is 11.9 Å². The zero-order valence-electron chi connectivity index (χ0n) is 11.5. The summed E-state index contributed by atoms with van der Waals surface area (Å²) in [5.74, 6) is 0.563. The molecule has 2 nitrogen and oxygen atoms in total. The summed E-state index contributed by atoms with van der Waals surface area (Å²) in [7, 11) is 0. The van der Waals surface area contributed by atoms with Crippen LogP contribution in [0.2, 0.25) is 0 Å². The molecule has 1 atom stereocenters. The Kier molecular flexibility index (Phi) is 3.45. The lowest BCUT2D eigenvalue weighted by molar-refractivity contribution is 0.303. The fourth-order valence-electron chi connectivity index (χ4n) is 2.16. The Morgan fingerprint density at radius 1 is 1.20 bits per heavy atom. The van der Waals surface area contributed by atoms with Crippen molar-refractivity contribution < 1.29 is 9.13 Å². The van der Waals surface area contributed by atoms with Crippen LogP contribution < -0.4 is 10.5 Å². The molecule has 0 aliphatic heterocycles. The number of rotatable bonds is 4. The average Bonchev–Trinajstić information content (AvgIpc) is 3.23. The molecule has 0 bridgehead atoms. The molecule has 2 aromatic rings. The molecule has 0 saturated heterocycles. The summed E-state index contributed by atoms with van der Waals surface area (Å²) in [5.41, 5.74) is 8.19. The Balaban J connectivity index is 1.96. The minimum atomic E-state index is -0.238. The van der Waals surface area contributed by atoms with Crippen LogP contribution >= 0.6 is 0 Å². The van der Waals surface area contributed by atoms with Crippen molar-refractivity contribution in [2.45, 2.75) is 31.9 Å². The van der Waals surface area contributed by atoms with Gasteiger partial charge in [-0.3, -0.25) is 0 Å². The van der Waals surface area contributed by atoms with Crippen molar-refractivity contribution in [3.63, 3.8) is 0 Å². The van der Waals surface area contributed by atoms with Gasteiger partial charge in [-0.05, 0) is 55.2 Å². The van der Waals surface area contributed by atoms with Crippen LogP contribution in [0.25, 0.3) is 11.1 Å². The lowest BCUT2D eigenvalue weighted by atomic mass is 9.99. The van der Waals surface area contributed by atoms with Crippen LogP contribution in [0.1, 0.15) is 31.4 Å². The number of hydrogen-bond donors (Lipinski definition) is 1. The van der Waals surface area contributed by atoms with Crippen LogP contribution in [0, 0.1) is 5.82 Å². The molecule has 20 heavy (non-hydrogen) atoms. The maximum absolute atomic E-state index is 14.0. The molecular formula is C17H18FNO. The smallest absolute Gasteiger partial charge is 0.131 e. The lowest BCUT2D eigenvalue weighted by Gasteiger charge is -2.11. The van der Waals surface area contributed by atoms with Gasteiger partial charge in [-0.15, -0.1) is 0 Å². The summed E-state index contributed by atoms with van der Waals surface area (Å²) >= 11 is 0. The molecule has 0 aromatic heterocycles. The van der Waals surface area contributed by atoms with Gasteiger partial charge in [0.25, 0.3) is 0 Å². The Bertz CT molecular complexity index is 620. The monoisotopic (exact) mass is 271 g/mol. The van der Waals surface area contributed by atoms with E-state index < -0.39 is 0 Å². The maximum Gasteiger partial charge on any atom is 0.131 e. The molecule has 0 radical (unpaired) electrons. The van der Waals surface area contributed by atoms with Crippen LogP contribution in [0.3, 0.4) is 0 Å². The van der Waals surface area contributed by atoms with Gasteiger partial charge in [0.05, 0.1) is 6.10 Å². The van der Waals surface area contributed by atoms with Gasteiger partial charge in [0, 0.05) is 11.6 Å². The Morgan fingerprint density at radius 2 is 2.00 bits per heavy atom. The minimum absolute atomic E-state index is 0.111. The molecule has 3 rings (SSSR count). The van der Waals surface area contributed by atoms with Gasteiger partial charge >= 0.3 is 0 Å². The van der Waals surface area contributed by atoms with Gasteiger partial charge in [-0.1, -0.05) is 18.2 Å². The largest absolute Gasteiger partial charge is 0.490 e. The molecule has 2 aromatic carbocycles. The van der Waals surface area contributed by atoms with Gasteiger partial charge in [0.1, 0.15) is 11.6 Å². The normalized spacial score (nSPS) is 15.9. The first-order valence-electron chi connectivity index (χ1n) is 6.95. The zero-order chi connectivity index (χ0) is 14.1. The fraction of sp³-hybridized carbons (Fsp3) is 0.294. The summed E-state index contributed by atoms with van der Waals surface area (Å²) in [6, 6.07) is 12.5. The molecule has 1 fully saturated rings. The van der Waals surface area contributed by atoms with Crippen LogP contribution in [0.5, 0.6) is 5.75 Å². The predicted molar refractivity (Wildman–Crippen MR) is 78.1 cm³/mol. The van der Waals surface area contributed by atoms with E-state index in [1.807, 2.05) is 37.3 Å². The fourth-order valence-corrected chi connectivity index (χ4v) is 2.16. The van der Waals surface area contributed by atoms with Crippen LogP contribution in [0.4, 0.5) is 4.39 Å². The van der Waals surface area contributed by atoms with E-state index in [0.29, 0.717) is 11.7 Å². The van der Waals surface area contributed by atoms with Gasteiger partial charge in [-0.25, -0.2) is 4.39 Å². The van der Waals surface area contributed by atoms with Crippen molar-refractivity contribution in [1.29, 1.82) is 0 Å². The van der Waals surface area contributed by atoms with Crippen LogP contribution in [-0.2, 0) is 0 Å². The van der Waals surface area contributed by atoms with Gasteiger partial charge in [0.2, 0.25) is 0 Å². The minimum Gasteiger partial charge on any atom is -0.490 e. The predicted octanol–water partition coefficient (Wildman–Crippen LogP) is 4.05. The van der Waals surface area contributed by atoms with Crippen LogP contribution in [-0.4, -0.2) is 6.10 Å². The van der Waals surface area contributed by atoms with Crippen LogP contribution in [0.15, 0.2) is 42.5 Å². The van der Waals surface area contributed by atoms with Crippen molar-refractivity contribution in [2.75, 3.05) is 0 Å². The topological polar surface area (TPSA) is 35.2 Å².